The summed E-state index contributed by atoms with van der Waals surface area (Å²) >= 11 is 1.59. The minimum Gasteiger partial charge on any atom is -0.370 e. The monoisotopic (exact) mass is 250 g/mol. The van der Waals surface area contributed by atoms with E-state index in [4.69, 9.17) is 10.6 Å². The fraction of sp³-hybridized carbons (Fsp3) is 0.455. The summed E-state index contributed by atoms with van der Waals surface area (Å²) in [5.41, 5.74) is 2.34. The average Bonchev–Trinajstić information content (AvgIpc) is 2.75. The first-order chi connectivity index (χ1) is 8.29. The highest BCUT2D eigenvalue weighted by atomic mass is 32.1. The van der Waals surface area contributed by atoms with Crippen LogP contribution in [0.5, 0.6) is 0 Å². The van der Waals surface area contributed by atoms with Crippen LogP contribution < -0.4 is 11.3 Å². The topological polar surface area (TPSA) is 73.1 Å². The maximum atomic E-state index is 5.60. The molecule has 0 aromatic carbocycles. The average molecular weight is 250 g/mol. The third kappa shape index (κ3) is 1.52. The standard InChI is InChI=1S/C11H14N4OS/c1-16-11(4-2-5-11)10-13-8(15-12)7-3-6-17-9(7)14-10/h3,6H,2,4-5,12H2,1H3,(H,13,14,15). The molecule has 1 aliphatic rings. The van der Waals surface area contributed by atoms with Crippen molar-refractivity contribution in [2.75, 3.05) is 12.5 Å². The zero-order valence-corrected chi connectivity index (χ0v) is 10.4. The number of nitrogens with one attached hydrogen (secondary N) is 1. The Balaban J connectivity index is 2.16. The molecular formula is C11H14N4OS. The summed E-state index contributed by atoms with van der Waals surface area (Å²) in [6, 6.07) is 1.97. The van der Waals surface area contributed by atoms with Crippen molar-refractivity contribution in [2.24, 2.45) is 5.84 Å². The first-order valence-corrected chi connectivity index (χ1v) is 6.44. The van der Waals surface area contributed by atoms with Crippen molar-refractivity contribution in [3.8, 4) is 0 Å². The lowest BCUT2D eigenvalue weighted by Gasteiger charge is -2.38. The molecule has 0 atom stereocenters. The number of hydrogen-bond donors (Lipinski definition) is 2. The number of rotatable bonds is 3. The molecule has 1 saturated carbocycles. The first kappa shape index (κ1) is 10.9. The number of thiophene rings is 1. The van der Waals surface area contributed by atoms with Crippen molar-refractivity contribution < 1.29 is 4.74 Å². The van der Waals surface area contributed by atoms with E-state index in [9.17, 15) is 0 Å². The Morgan fingerprint density at radius 3 is 2.88 bits per heavy atom. The zero-order chi connectivity index (χ0) is 11.9. The number of methoxy groups -OCH3 is 1. The van der Waals surface area contributed by atoms with Crippen LogP contribution in [0.2, 0.25) is 0 Å². The first-order valence-electron chi connectivity index (χ1n) is 5.56. The molecule has 0 bridgehead atoms. The van der Waals surface area contributed by atoms with Gasteiger partial charge in [0.05, 0.1) is 5.39 Å². The lowest BCUT2D eigenvalue weighted by Crippen LogP contribution is -2.38. The van der Waals surface area contributed by atoms with Crippen molar-refractivity contribution in [3.05, 3.63) is 17.3 Å². The number of nitrogens with two attached hydrogens (primary N) is 1. The van der Waals surface area contributed by atoms with Crippen molar-refractivity contribution in [3.63, 3.8) is 0 Å². The van der Waals surface area contributed by atoms with E-state index in [1.807, 2.05) is 11.4 Å². The smallest absolute Gasteiger partial charge is 0.164 e. The maximum Gasteiger partial charge on any atom is 0.164 e. The van der Waals surface area contributed by atoms with Gasteiger partial charge in [0.1, 0.15) is 10.4 Å². The molecule has 17 heavy (non-hydrogen) atoms. The van der Waals surface area contributed by atoms with Gasteiger partial charge in [0.2, 0.25) is 0 Å². The largest absolute Gasteiger partial charge is 0.370 e. The molecule has 3 N–H and O–H groups in total. The number of anilines is 1. The summed E-state index contributed by atoms with van der Waals surface area (Å²) in [5.74, 6) is 6.93. The second-order valence-electron chi connectivity index (χ2n) is 4.23. The molecule has 0 saturated heterocycles. The second-order valence-corrected chi connectivity index (χ2v) is 5.13. The van der Waals surface area contributed by atoms with Crippen molar-refractivity contribution >= 4 is 27.4 Å². The van der Waals surface area contributed by atoms with Gasteiger partial charge in [0.25, 0.3) is 0 Å². The van der Waals surface area contributed by atoms with Gasteiger partial charge in [0.15, 0.2) is 11.6 Å². The third-order valence-electron chi connectivity index (χ3n) is 3.42. The molecule has 90 valence electrons. The third-order valence-corrected chi connectivity index (χ3v) is 4.23. The summed E-state index contributed by atoms with van der Waals surface area (Å²) in [6.45, 7) is 0. The number of ether oxygens (including phenoxy) is 1. The fourth-order valence-electron chi connectivity index (χ4n) is 2.19. The van der Waals surface area contributed by atoms with Crippen molar-refractivity contribution in [1.82, 2.24) is 9.97 Å². The van der Waals surface area contributed by atoms with E-state index in [0.717, 1.165) is 35.3 Å². The van der Waals surface area contributed by atoms with E-state index in [-0.39, 0.29) is 5.60 Å². The van der Waals surface area contributed by atoms with Crippen molar-refractivity contribution in [2.45, 2.75) is 24.9 Å². The molecule has 2 aromatic heterocycles. The highest BCUT2D eigenvalue weighted by Crippen LogP contribution is 2.43. The summed E-state index contributed by atoms with van der Waals surface area (Å²) in [6.07, 6.45) is 3.11. The minimum absolute atomic E-state index is 0.302. The molecule has 6 heteroatoms. The van der Waals surface area contributed by atoms with Gasteiger partial charge in [0, 0.05) is 7.11 Å². The summed E-state index contributed by atoms with van der Waals surface area (Å²) < 4.78 is 5.60. The van der Waals surface area contributed by atoms with Gasteiger partial charge in [-0.2, -0.15) is 0 Å². The molecule has 0 amide bonds. The SMILES string of the molecule is COC1(c2nc(NN)c3ccsc3n2)CCC1. The normalized spacial score (nSPS) is 18.0. The van der Waals surface area contributed by atoms with Crippen molar-refractivity contribution in [1.29, 1.82) is 0 Å². The number of nitrogen functional groups attached to an aromatic ring is 1. The number of fused-ring (bicyclic) bond motifs is 1. The highest BCUT2D eigenvalue weighted by molar-refractivity contribution is 7.16. The van der Waals surface area contributed by atoms with Crippen LogP contribution in [0.4, 0.5) is 5.82 Å². The van der Waals surface area contributed by atoms with Gasteiger partial charge in [-0.15, -0.1) is 11.3 Å². The number of aromatic nitrogens is 2. The predicted octanol–water partition coefficient (Wildman–Crippen LogP) is 2.00. The van der Waals surface area contributed by atoms with Crippen LogP contribution >= 0.6 is 11.3 Å². The molecule has 0 aliphatic heterocycles. The Labute approximate surface area is 103 Å². The van der Waals surface area contributed by atoms with E-state index in [0.29, 0.717) is 5.82 Å². The van der Waals surface area contributed by atoms with E-state index in [1.54, 1.807) is 18.4 Å². The molecule has 1 fully saturated rings. The van der Waals surface area contributed by atoms with Crippen LogP contribution in [-0.2, 0) is 10.3 Å². The molecule has 2 aromatic rings. The Hall–Kier alpha value is -1.24. The van der Waals surface area contributed by atoms with E-state index < -0.39 is 0 Å². The second kappa shape index (κ2) is 3.90. The molecule has 0 spiro atoms. The molecule has 2 heterocycles. The van der Waals surface area contributed by atoms with Crippen LogP contribution in [-0.4, -0.2) is 17.1 Å². The van der Waals surface area contributed by atoms with E-state index >= 15 is 0 Å². The Morgan fingerprint density at radius 1 is 1.47 bits per heavy atom. The molecule has 0 radical (unpaired) electrons. The zero-order valence-electron chi connectivity index (χ0n) is 9.56. The van der Waals surface area contributed by atoms with Gasteiger partial charge < -0.3 is 10.2 Å². The van der Waals surface area contributed by atoms with Gasteiger partial charge in [-0.3, -0.25) is 0 Å². The molecular weight excluding hydrogens is 236 g/mol. The van der Waals surface area contributed by atoms with Crippen LogP contribution in [0.15, 0.2) is 11.4 Å². The Bertz CT molecular complexity index is 544. The molecule has 1 aliphatic carbocycles. The predicted molar refractivity (Wildman–Crippen MR) is 67.8 cm³/mol. The van der Waals surface area contributed by atoms with E-state index in [2.05, 4.69) is 15.4 Å². The number of hydrogen-bond acceptors (Lipinski definition) is 6. The van der Waals surface area contributed by atoms with Gasteiger partial charge >= 0.3 is 0 Å². The molecule has 3 rings (SSSR count). The van der Waals surface area contributed by atoms with Crippen LogP contribution in [0.3, 0.4) is 0 Å². The molecule has 0 unspecified atom stereocenters. The van der Waals surface area contributed by atoms with Crippen LogP contribution in [0, 0.1) is 0 Å². The van der Waals surface area contributed by atoms with Gasteiger partial charge in [-0.05, 0) is 30.7 Å². The fourth-order valence-corrected chi connectivity index (χ4v) is 2.95. The van der Waals surface area contributed by atoms with E-state index in [1.165, 1.54) is 0 Å². The lowest BCUT2D eigenvalue weighted by molar-refractivity contribution is -0.0843. The van der Waals surface area contributed by atoms with Crippen LogP contribution in [0.1, 0.15) is 25.1 Å². The highest BCUT2D eigenvalue weighted by Gasteiger charge is 2.42. The molecule has 5 nitrogen and oxygen atoms in total. The summed E-state index contributed by atoms with van der Waals surface area (Å²) in [5, 5.41) is 2.95. The summed E-state index contributed by atoms with van der Waals surface area (Å²) in [4.78, 5) is 10.0. The Morgan fingerprint density at radius 2 is 2.29 bits per heavy atom. The van der Waals surface area contributed by atoms with Gasteiger partial charge in [-0.25, -0.2) is 15.8 Å². The quantitative estimate of drug-likeness (QED) is 0.644. The minimum atomic E-state index is -0.302. The number of hydrazine groups is 1. The summed E-state index contributed by atoms with van der Waals surface area (Å²) in [7, 11) is 1.72. The maximum absolute atomic E-state index is 5.60. The van der Waals surface area contributed by atoms with Gasteiger partial charge in [-0.1, -0.05) is 0 Å². The lowest BCUT2D eigenvalue weighted by atomic mass is 9.79. The Kier molecular flexibility index (Phi) is 2.50. The number of nitrogens with zero attached hydrogens (tertiary/aromatic N) is 2. The van der Waals surface area contributed by atoms with Crippen LogP contribution in [0.25, 0.3) is 10.2 Å².